The summed E-state index contributed by atoms with van der Waals surface area (Å²) in [7, 11) is -3.94. The van der Waals surface area contributed by atoms with Crippen LogP contribution in [0.4, 0.5) is 15.8 Å². The molecule has 1 aliphatic carbocycles. The van der Waals surface area contributed by atoms with Crippen molar-refractivity contribution in [2.45, 2.75) is 6.42 Å². The number of thiophene rings is 1. The van der Waals surface area contributed by atoms with Gasteiger partial charge in [-0.05, 0) is 57.6 Å². The SMILES string of the molecule is [C-]#[N+]c1ccc(NS(=O)(=O)C2=CCc3cc(-c4ccsc4)ccc32)c(F)c1. The van der Waals surface area contributed by atoms with E-state index in [4.69, 9.17) is 6.57 Å². The maximum Gasteiger partial charge on any atom is 0.262 e. The van der Waals surface area contributed by atoms with Gasteiger partial charge in [-0.15, -0.1) is 0 Å². The van der Waals surface area contributed by atoms with Crippen molar-refractivity contribution in [3.8, 4) is 11.1 Å². The molecular formula is C20H13FN2O2S2. The highest BCUT2D eigenvalue weighted by Gasteiger charge is 2.26. The van der Waals surface area contributed by atoms with Crippen LogP contribution in [0.3, 0.4) is 0 Å². The normalized spacial score (nSPS) is 13.0. The number of hydrogen-bond donors (Lipinski definition) is 1. The first-order valence-corrected chi connectivity index (χ1v) is 10.5. The summed E-state index contributed by atoms with van der Waals surface area (Å²) in [6.45, 7) is 6.89. The number of fused-ring (bicyclic) bond motifs is 1. The number of allylic oxidation sites excluding steroid dienone is 1. The van der Waals surface area contributed by atoms with Crippen LogP contribution in [-0.2, 0) is 16.4 Å². The van der Waals surface area contributed by atoms with Crippen molar-refractivity contribution in [1.82, 2.24) is 0 Å². The zero-order valence-corrected chi connectivity index (χ0v) is 15.6. The number of nitrogens with one attached hydrogen (secondary N) is 1. The van der Waals surface area contributed by atoms with E-state index in [1.165, 1.54) is 12.1 Å². The lowest BCUT2D eigenvalue weighted by atomic mass is 10.0. The molecule has 27 heavy (non-hydrogen) atoms. The molecule has 0 unspecified atom stereocenters. The molecule has 0 atom stereocenters. The van der Waals surface area contributed by atoms with Crippen LogP contribution < -0.4 is 4.72 Å². The molecule has 1 aromatic heterocycles. The van der Waals surface area contributed by atoms with Crippen molar-refractivity contribution in [3.05, 3.63) is 87.7 Å². The third kappa shape index (κ3) is 3.25. The van der Waals surface area contributed by atoms with Gasteiger partial charge in [0.1, 0.15) is 5.82 Å². The van der Waals surface area contributed by atoms with E-state index in [1.807, 2.05) is 29.0 Å². The van der Waals surface area contributed by atoms with Crippen LogP contribution in [0, 0.1) is 12.4 Å². The summed E-state index contributed by atoms with van der Waals surface area (Å²) < 4.78 is 41.9. The summed E-state index contributed by atoms with van der Waals surface area (Å²) >= 11 is 1.60. The average molecular weight is 396 g/mol. The largest absolute Gasteiger partial charge is 0.277 e. The summed E-state index contributed by atoms with van der Waals surface area (Å²) in [5, 5.41) is 4.04. The van der Waals surface area contributed by atoms with Gasteiger partial charge in [0.15, 0.2) is 5.69 Å². The maximum atomic E-state index is 14.1. The van der Waals surface area contributed by atoms with Crippen molar-refractivity contribution in [2.24, 2.45) is 0 Å². The average Bonchev–Trinajstić information content (AvgIpc) is 3.32. The van der Waals surface area contributed by atoms with E-state index in [-0.39, 0.29) is 16.3 Å². The van der Waals surface area contributed by atoms with E-state index in [2.05, 4.69) is 9.57 Å². The molecule has 0 spiro atoms. The van der Waals surface area contributed by atoms with Crippen molar-refractivity contribution in [3.63, 3.8) is 0 Å². The van der Waals surface area contributed by atoms with Crippen LogP contribution in [0.15, 0.2) is 59.3 Å². The van der Waals surface area contributed by atoms with E-state index in [0.29, 0.717) is 12.0 Å². The second-order valence-electron chi connectivity index (χ2n) is 6.04. The first-order valence-electron chi connectivity index (χ1n) is 8.04. The molecule has 0 aliphatic heterocycles. The van der Waals surface area contributed by atoms with Gasteiger partial charge >= 0.3 is 0 Å². The molecule has 1 heterocycles. The van der Waals surface area contributed by atoms with E-state index in [0.717, 1.165) is 22.8 Å². The third-order valence-corrected chi connectivity index (χ3v) is 6.49. The molecule has 0 saturated heterocycles. The third-order valence-electron chi connectivity index (χ3n) is 4.35. The van der Waals surface area contributed by atoms with Gasteiger partial charge in [0.2, 0.25) is 0 Å². The Bertz CT molecular complexity index is 1210. The van der Waals surface area contributed by atoms with Gasteiger partial charge in [-0.2, -0.15) is 11.3 Å². The predicted molar refractivity (Wildman–Crippen MR) is 107 cm³/mol. The summed E-state index contributed by atoms with van der Waals surface area (Å²) in [5.41, 5.74) is 3.62. The lowest BCUT2D eigenvalue weighted by Crippen LogP contribution is -2.14. The van der Waals surface area contributed by atoms with Gasteiger partial charge in [-0.1, -0.05) is 30.3 Å². The van der Waals surface area contributed by atoms with Crippen LogP contribution in [0.1, 0.15) is 11.1 Å². The van der Waals surface area contributed by atoms with Crippen molar-refractivity contribution < 1.29 is 12.8 Å². The topological polar surface area (TPSA) is 50.5 Å². The Morgan fingerprint density at radius 3 is 2.67 bits per heavy atom. The number of benzene rings is 2. The molecule has 3 aromatic rings. The highest BCUT2D eigenvalue weighted by molar-refractivity contribution is 8.01. The molecule has 134 valence electrons. The molecular weight excluding hydrogens is 383 g/mol. The Labute approximate surface area is 160 Å². The first-order chi connectivity index (χ1) is 13.0. The number of halogens is 1. The molecule has 0 fully saturated rings. The molecule has 0 saturated carbocycles. The van der Waals surface area contributed by atoms with Crippen LogP contribution in [0.25, 0.3) is 20.9 Å². The fourth-order valence-electron chi connectivity index (χ4n) is 3.03. The van der Waals surface area contributed by atoms with Crippen molar-refractivity contribution in [2.75, 3.05) is 4.72 Å². The minimum atomic E-state index is -3.94. The Kier molecular flexibility index (Phi) is 4.30. The van der Waals surface area contributed by atoms with E-state index >= 15 is 0 Å². The van der Waals surface area contributed by atoms with Crippen molar-refractivity contribution >= 4 is 37.6 Å². The first kappa shape index (κ1) is 17.5. The van der Waals surface area contributed by atoms with Crippen molar-refractivity contribution in [1.29, 1.82) is 0 Å². The van der Waals surface area contributed by atoms with Gasteiger partial charge in [0.25, 0.3) is 10.0 Å². The van der Waals surface area contributed by atoms with Gasteiger partial charge in [0.05, 0.1) is 17.2 Å². The van der Waals surface area contributed by atoms with Gasteiger partial charge in [-0.3, -0.25) is 4.72 Å². The lowest BCUT2D eigenvalue weighted by molar-refractivity contribution is 0.607. The van der Waals surface area contributed by atoms with E-state index in [9.17, 15) is 12.8 Å². The monoisotopic (exact) mass is 396 g/mol. The molecule has 2 aromatic carbocycles. The molecule has 0 radical (unpaired) electrons. The maximum absolute atomic E-state index is 14.1. The smallest absolute Gasteiger partial charge is 0.262 e. The number of anilines is 1. The van der Waals surface area contributed by atoms with Crippen LogP contribution in [0.2, 0.25) is 0 Å². The molecule has 4 nitrogen and oxygen atoms in total. The lowest BCUT2D eigenvalue weighted by Gasteiger charge is -2.12. The summed E-state index contributed by atoms with van der Waals surface area (Å²) in [5.74, 6) is -0.779. The predicted octanol–water partition coefficient (Wildman–Crippen LogP) is 5.44. The summed E-state index contributed by atoms with van der Waals surface area (Å²) in [6, 6.07) is 11.3. The standard InChI is InChI=1S/C20H13FN2O2S2/c1-22-16-4-6-19(18(21)11-16)23-27(24,25)20-7-3-14-10-13(2-5-17(14)20)15-8-9-26-12-15/h2,4-12,23H,3H2. The van der Waals surface area contributed by atoms with Gasteiger partial charge < -0.3 is 0 Å². The number of hydrogen-bond acceptors (Lipinski definition) is 3. The molecule has 4 rings (SSSR count). The van der Waals surface area contributed by atoms with Gasteiger partial charge in [0, 0.05) is 0 Å². The molecule has 0 amide bonds. The zero-order valence-electron chi connectivity index (χ0n) is 13.9. The summed E-state index contributed by atoms with van der Waals surface area (Å²) in [4.78, 5) is 3.27. The van der Waals surface area contributed by atoms with Gasteiger partial charge in [-0.25, -0.2) is 17.7 Å². The Morgan fingerprint density at radius 1 is 1.11 bits per heavy atom. The Balaban J connectivity index is 1.64. The fourth-order valence-corrected chi connectivity index (χ4v) is 5.06. The number of nitrogens with zero attached hydrogens (tertiary/aromatic N) is 1. The fraction of sp³-hybridized carbons (Fsp3) is 0.0500. The molecule has 1 aliphatic rings. The zero-order chi connectivity index (χ0) is 19.0. The molecule has 7 heteroatoms. The highest BCUT2D eigenvalue weighted by Crippen LogP contribution is 2.36. The second-order valence-corrected chi connectivity index (χ2v) is 8.47. The van der Waals surface area contributed by atoms with Crippen LogP contribution >= 0.6 is 11.3 Å². The van der Waals surface area contributed by atoms with Crippen LogP contribution in [-0.4, -0.2) is 8.42 Å². The number of rotatable bonds is 4. The Hall–Kier alpha value is -2.95. The van der Waals surface area contributed by atoms with E-state index < -0.39 is 15.8 Å². The molecule has 1 N–H and O–H groups in total. The second kappa shape index (κ2) is 6.65. The Morgan fingerprint density at radius 2 is 1.96 bits per heavy atom. The minimum absolute atomic E-state index is 0.113. The quantitative estimate of drug-likeness (QED) is 0.597. The van der Waals surface area contributed by atoms with E-state index in [1.54, 1.807) is 23.5 Å². The molecule has 0 bridgehead atoms. The summed E-state index contributed by atoms with van der Waals surface area (Å²) in [6.07, 6.45) is 2.14. The minimum Gasteiger partial charge on any atom is -0.277 e. The number of sulfonamides is 1. The highest BCUT2D eigenvalue weighted by atomic mass is 32.2. The van der Waals surface area contributed by atoms with Crippen LogP contribution in [0.5, 0.6) is 0 Å².